The van der Waals surface area contributed by atoms with E-state index in [-0.39, 0.29) is 10.8 Å². The second-order valence-corrected chi connectivity index (χ2v) is 5.11. The first-order chi connectivity index (χ1) is 7.65. The molecule has 3 heteroatoms. The highest BCUT2D eigenvalue weighted by molar-refractivity contribution is 6.30. The molecule has 0 unspecified atom stereocenters. The molecule has 2 rings (SSSR count). The summed E-state index contributed by atoms with van der Waals surface area (Å²) in [6.07, 6.45) is 3.48. The summed E-state index contributed by atoms with van der Waals surface area (Å²) in [4.78, 5) is 2.36. The molecule has 1 fully saturated rings. The lowest BCUT2D eigenvalue weighted by molar-refractivity contribution is 0.219. The van der Waals surface area contributed by atoms with Crippen LogP contribution in [-0.2, 0) is 6.42 Å². The maximum atomic E-state index is 13.0. The van der Waals surface area contributed by atoms with Crippen molar-refractivity contribution in [3.05, 3.63) is 34.6 Å². The normalized spacial score (nSPS) is 18.9. The highest BCUT2D eigenvalue weighted by Gasteiger charge is 2.17. The maximum absolute atomic E-state index is 13.0. The van der Waals surface area contributed by atoms with Gasteiger partial charge in [-0.25, -0.2) is 4.39 Å². The molecular weight excluding hydrogens is 225 g/mol. The molecule has 1 aliphatic heterocycles. The van der Waals surface area contributed by atoms with Crippen LogP contribution in [0.3, 0.4) is 0 Å². The van der Waals surface area contributed by atoms with Gasteiger partial charge in [0.2, 0.25) is 0 Å². The Labute approximate surface area is 101 Å². The van der Waals surface area contributed by atoms with Crippen molar-refractivity contribution in [1.29, 1.82) is 0 Å². The molecular formula is C13H17ClFN. The van der Waals surface area contributed by atoms with Gasteiger partial charge in [-0.15, -0.1) is 0 Å². The number of halogens is 2. The molecule has 0 N–H and O–H groups in total. The lowest BCUT2D eigenvalue weighted by Crippen LogP contribution is -2.30. The molecule has 0 saturated carbocycles. The lowest BCUT2D eigenvalue weighted by Gasteiger charge is -2.28. The minimum absolute atomic E-state index is 0.241. The molecule has 0 amide bonds. The summed E-state index contributed by atoms with van der Waals surface area (Å²) < 4.78 is 13.0. The van der Waals surface area contributed by atoms with E-state index in [4.69, 9.17) is 11.6 Å². The van der Waals surface area contributed by atoms with Crippen LogP contribution < -0.4 is 0 Å². The average Bonchev–Trinajstić information content (AvgIpc) is 2.27. The molecule has 0 radical (unpaired) electrons. The first kappa shape index (κ1) is 11.9. The summed E-state index contributed by atoms with van der Waals surface area (Å²) in [5, 5.41) is 0.241. The summed E-state index contributed by atoms with van der Waals surface area (Å²) in [6, 6.07) is 5.07. The van der Waals surface area contributed by atoms with Gasteiger partial charge in [0.05, 0.1) is 5.02 Å². The van der Waals surface area contributed by atoms with Crippen LogP contribution in [0, 0.1) is 11.7 Å². The van der Waals surface area contributed by atoms with Crippen molar-refractivity contribution in [1.82, 2.24) is 4.90 Å². The Morgan fingerprint density at radius 2 is 2.06 bits per heavy atom. The van der Waals surface area contributed by atoms with Gasteiger partial charge >= 0.3 is 0 Å². The zero-order valence-corrected chi connectivity index (χ0v) is 10.3. The quantitative estimate of drug-likeness (QED) is 0.768. The van der Waals surface area contributed by atoms with Gasteiger partial charge in [-0.05, 0) is 63.0 Å². The monoisotopic (exact) mass is 241 g/mol. The van der Waals surface area contributed by atoms with Crippen LogP contribution in [0.1, 0.15) is 18.4 Å². The number of rotatable bonds is 2. The van der Waals surface area contributed by atoms with Gasteiger partial charge < -0.3 is 4.90 Å². The molecule has 1 aromatic carbocycles. The number of piperidine rings is 1. The van der Waals surface area contributed by atoms with E-state index in [1.807, 2.05) is 6.07 Å². The van der Waals surface area contributed by atoms with Gasteiger partial charge in [0.1, 0.15) is 5.82 Å². The van der Waals surface area contributed by atoms with Crippen molar-refractivity contribution >= 4 is 11.6 Å². The topological polar surface area (TPSA) is 3.24 Å². The summed E-state index contributed by atoms with van der Waals surface area (Å²) in [6.45, 7) is 2.33. The zero-order valence-electron chi connectivity index (χ0n) is 9.55. The number of hydrogen-bond acceptors (Lipinski definition) is 1. The van der Waals surface area contributed by atoms with Gasteiger partial charge in [0.15, 0.2) is 0 Å². The first-order valence-electron chi connectivity index (χ1n) is 5.77. The second-order valence-electron chi connectivity index (χ2n) is 4.70. The fourth-order valence-corrected chi connectivity index (χ4v) is 2.47. The molecule has 1 saturated heterocycles. The Morgan fingerprint density at radius 1 is 1.38 bits per heavy atom. The Hall–Kier alpha value is -0.600. The van der Waals surface area contributed by atoms with Gasteiger partial charge in [-0.1, -0.05) is 17.7 Å². The van der Waals surface area contributed by atoms with Crippen molar-refractivity contribution in [2.75, 3.05) is 20.1 Å². The average molecular weight is 242 g/mol. The molecule has 1 aromatic rings. The van der Waals surface area contributed by atoms with Gasteiger partial charge in [0, 0.05) is 0 Å². The van der Waals surface area contributed by atoms with Crippen molar-refractivity contribution in [2.24, 2.45) is 5.92 Å². The van der Waals surface area contributed by atoms with Crippen LogP contribution >= 0.6 is 11.6 Å². The Morgan fingerprint density at radius 3 is 2.69 bits per heavy atom. The molecule has 0 aliphatic carbocycles. The highest BCUT2D eigenvalue weighted by atomic mass is 35.5. The number of hydrogen-bond donors (Lipinski definition) is 0. The van der Waals surface area contributed by atoms with Gasteiger partial charge in [-0.2, -0.15) is 0 Å². The van der Waals surface area contributed by atoms with Crippen LogP contribution in [0.4, 0.5) is 4.39 Å². The van der Waals surface area contributed by atoms with E-state index >= 15 is 0 Å². The molecule has 0 spiro atoms. The van der Waals surface area contributed by atoms with E-state index < -0.39 is 0 Å². The van der Waals surface area contributed by atoms with Crippen molar-refractivity contribution < 1.29 is 4.39 Å². The predicted molar refractivity (Wildman–Crippen MR) is 65.3 cm³/mol. The maximum Gasteiger partial charge on any atom is 0.141 e. The van der Waals surface area contributed by atoms with E-state index in [0.29, 0.717) is 0 Å². The van der Waals surface area contributed by atoms with E-state index in [1.165, 1.54) is 32.0 Å². The third kappa shape index (κ3) is 2.96. The van der Waals surface area contributed by atoms with E-state index in [1.54, 1.807) is 6.07 Å². The minimum Gasteiger partial charge on any atom is -0.306 e. The van der Waals surface area contributed by atoms with E-state index in [9.17, 15) is 4.39 Å². The highest BCUT2D eigenvalue weighted by Crippen LogP contribution is 2.23. The third-order valence-electron chi connectivity index (χ3n) is 3.35. The summed E-state index contributed by atoms with van der Waals surface area (Å²) in [7, 11) is 2.16. The molecule has 0 aromatic heterocycles. The Bertz CT molecular complexity index is 359. The van der Waals surface area contributed by atoms with E-state index in [0.717, 1.165) is 17.9 Å². The predicted octanol–water partition coefficient (Wildman–Crippen LogP) is 3.36. The van der Waals surface area contributed by atoms with Crippen LogP contribution in [0.25, 0.3) is 0 Å². The SMILES string of the molecule is CN1CCC(Cc2ccc(F)c(Cl)c2)CC1. The van der Waals surface area contributed by atoms with Gasteiger partial charge in [-0.3, -0.25) is 0 Å². The molecule has 1 heterocycles. The Kier molecular flexibility index (Phi) is 3.82. The molecule has 0 bridgehead atoms. The second kappa shape index (κ2) is 5.15. The largest absolute Gasteiger partial charge is 0.306 e. The lowest BCUT2D eigenvalue weighted by atomic mass is 9.90. The zero-order chi connectivity index (χ0) is 11.5. The molecule has 16 heavy (non-hydrogen) atoms. The van der Waals surface area contributed by atoms with E-state index in [2.05, 4.69) is 11.9 Å². The fourth-order valence-electron chi connectivity index (χ4n) is 2.27. The fraction of sp³-hybridized carbons (Fsp3) is 0.538. The number of nitrogens with zero attached hydrogens (tertiary/aromatic N) is 1. The smallest absolute Gasteiger partial charge is 0.141 e. The summed E-state index contributed by atoms with van der Waals surface area (Å²) in [5.74, 6) is 0.395. The first-order valence-corrected chi connectivity index (χ1v) is 6.15. The third-order valence-corrected chi connectivity index (χ3v) is 3.64. The summed E-state index contributed by atoms with van der Waals surface area (Å²) in [5.41, 5.74) is 1.15. The molecule has 1 nitrogen and oxygen atoms in total. The van der Waals surface area contributed by atoms with Crippen LogP contribution in [0.5, 0.6) is 0 Å². The van der Waals surface area contributed by atoms with Crippen molar-refractivity contribution in [3.8, 4) is 0 Å². The molecule has 1 aliphatic rings. The van der Waals surface area contributed by atoms with Crippen LogP contribution in [0.2, 0.25) is 5.02 Å². The standard InChI is InChI=1S/C13H17ClFN/c1-16-6-4-10(5-7-16)8-11-2-3-13(15)12(14)9-11/h2-3,9-10H,4-8H2,1H3. The van der Waals surface area contributed by atoms with Crippen LogP contribution in [0.15, 0.2) is 18.2 Å². The number of benzene rings is 1. The van der Waals surface area contributed by atoms with Crippen LogP contribution in [-0.4, -0.2) is 25.0 Å². The molecule has 0 atom stereocenters. The number of likely N-dealkylation sites (tertiary alicyclic amines) is 1. The molecule has 88 valence electrons. The summed E-state index contributed by atoms with van der Waals surface area (Å²) >= 11 is 5.77. The van der Waals surface area contributed by atoms with Gasteiger partial charge in [0.25, 0.3) is 0 Å². The Balaban J connectivity index is 1.96. The van der Waals surface area contributed by atoms with Crippen molar-refractivity contribution in [2.45, 2.75) is 19.3 Å². The minimum atomic E-state index is -0.325. The van der Waals surface area contributed by atoms with Crippen molar-refractivity contribution in [3.63, 3.8) is 0 Å².